The number of hydrogen-bond donors (Lipinski definition) is 0. The molecule has 1 aliphatic rings. The fourth-order valence-electron chi connectivity index (χ4n) is 3.33. The average molecular weight is 415 g/mol. The third-order valence-electron chi connectivity index (χ3n) is 4.76. The summed E-state index contributed by atoms with van der Waals surface area (Å²) in [6.45, 7) is 2.42. The van der Waals surface area contributed by atoms with Gasteiger partial charge in [0.1, 0.15) is 28.1 Å². The highest BCUT2D eigenvalue weighted by atomic mass is 35.5. The van der Waals surface area contributed by atoms with Crippen molar-refractivity contribution in [2.75, 3.05) is 19.4 Å². The predicted octanol–water partition coefficient (Wildman–Crippen LogP) is 5.20. The average Bonchev–Trinajstić information content (AvgIpc) is 3.35. The van der Waals surface area contributed by atoms with E-state index in [1.807, 2.05) is 47.4 Å². The molecule has 28 heavy (non-hydrogen) atoms. The molecule has 0 radical (unpaired) electrons. The van der Waals surface area contributed by atoms with Gasteiger partial charge in [0.05, 0.1) is 12.1 Å². The van der Waals surface area contributed by atoms with E-state index >= 15 is 0 Å². The quantitative estimate of drug-likeness (QED) is 0.587. The number of carbonyl (C=O) groups is 1. The summed E-state index contributed by atoms with van der Waals surface area (Å²) in [7, 11) is 1.64. The van der Waals surface area contributed by atoms with Crippen LogP contribution in [0.3, 0.4) is 0 Å². The third-order valence-corrected chi connectivity index (χ3v) is 6.35. The van der Waals surface area contributed by atoms with Gasteiger partial charge in [-0.2, -0.15) is 0 Å². The second-order valence-electron chi connectivity index (χ2n) is 6.44. The van der Waals surface area contributed by atoms with E-state index in [1.54, 1.807) is 31.9 Å². The summed E-state index contributed by atoms with van der Waals surface area (Å²) in [6.07, 6.45) is 0. The number of thioether (sulfide) groups is 1. The Balaban J connectivity index is 1.69. The smallest absolute Gasteiger partial charge is 0.260 e. The zero-order valence-electron chi connectivity index (χ0n) is 15.5. The lowest BCUT2D eigenvalue weighted by molar-refractivity contribution is 0.0759. The maximum absolute atomic E-state index is 13.5. The molecule has 0 saturated carbocycles. The first-order valence-corrected chi connectivity index (χ1v) is 10.3. The molecule has 1 fully saturated rings. The number of amides is 1. The van der Waals surface area contributed by atoms with Crippen LogP contribution in [0, 0.1) is 6.92 Å². The first-order valence-electron chi connectivity index (χ1n) is 8.88. The van der Waals surface area contributed by atoms with E-state index in [0.717, 1.165) is 17.1 Å². The maximum atomic E-state index is 13.5. The lowest BCUT2D eigenvalue weighted by atomic mass is 10.0. The molecule has 0 spiro atoms. The van der Waals surface area contributed by atoms with Crippen LogP contribution in [-0.4, -0.2) is 35.4 Å². The van der Waals surface area contributed by atoms with Crippen LogP contribution < -0.4 is 4.74 Å². The van der Waals surface area contributed by atoms with Gasteiger partial charge in [-0.1, -0.05) is 47.1 Å². The van der Waals surface area contributed by atoms with Crippen LogP contribution in [0.5, 0.6) is 5.75 Å². The molecule has 144 valence electrons. The summed E-state index contributed by atoms with van der Waals surface area (Å²) < 4.78 is 10.6. The molecule has 7 heteroatoms. The van der Waals surface area contributed by atoms with Gasteiger partial charge in [0.15, 0.2) is 0 Å². The fourth-order valence-corrected chi connectivity index (χ4v) is 4.81. The third kappa shape index (κ3) is 3.38. The Kier molecular flexibility index (Phi) is 5.33. The highest BCUT2D eigenvalue weighted by Crippen LogP contribution is 2.41. The molecule has 0 bridgehead atoms. The molecular weight excluding hydrogens is 396 g/mol. The number of ether oxygens (including phenoxy) is 1. The van der Waals surface area contributed by atoms with Gasteiger partial charge in [0.2, 0.25) is 0 Å². The molecule has 2 heterocycles. The highest BCUT2D eigenvalue weighted by molar-refractivity contribution is 7.99. The van der Waals surface area contributed by atoms with Gasteiger partial charge in [-0.15, -0.1) is 11.8 Å². The monoisotopic (exact) mass is 414 g/mol. The minimum Gasteiger partial charge on any atom is -0.497 e. The summed E-state index contributed by atoms with van der Waals surface area (Å²) in [6, 6.07) is 15.2. The van der Waals surface area contributed by atoms with Gasteiger partial charge in [-0.05, 0) is 30.7 Å². The summed E-state index contributed by atoms with van der Waals surface area (Å²) in [5.74, 6) is 2.05. The highest BCUT2D eigenvalue weighted by Gasteiger charge is 2.35. The molecule has 1 atom stereocenters. The zero-order chi connectivity index (χ0) is 19.7. The van der Waals surface area contributed by atoms with Crippen LogP contribution in [0.15, 0.2) is 53.1 Å². The van der Waals surface area contributed by atoms with Crippen molar-refractivity contribution in [3.05, 3.63) is 70.4 Å². The van der Waals surface area contributed by atoms with E-state index in [9.17, 15) is 4.79 Å². The first kappa shape index (κ1) is 18.9. The molecule has 1 aromatic heterocycles. The Morgan fingerprint density at radius 1 is 1.25 bits per heavy atom. The zero-order valence-corrected chi connectivity index (χ0v) is 17.1. The van der Waals surface area contributed by atoms with Crippen molar-refractivity contribution in [3.63, 3.8) is 0 Å². The van der Waals surface area contributed by atoms with Gasteiger partial charge in [0, 0.05) is 17.9 Å². The Morgan fingerprint density at radius 3 is 2.71 bits per heavy atom. The predicted molar refractivity (Wildman–Crippen MR) is 111 cm³/mol. The summed E-state index contributed by atoms with van der Waals surface area (Å²) >= 11 is 8.08. The van der Waals surface area contributed by atoms with Crippen LogP contribution in [0.4, 0.5) is 0 Å². The molecule has 5 nitrogen and oxygen atoms in total. The van der Waals surface area contributed by atoms with E-state index in [-0.39, 0.29) is 11.3 Å². The number of aryl methyl sites for hydroxylation is 1. The Bertz CT molecular complexity index is 1000. The Morgan fingerprint density at radius 2 is 2.00 bits per heavy atom. The first-order chi connectivity index (χ1) is 13.6. The number of carbonyl (C=O) groups excluding carboxylic acids is 1. The Labute approximate surface area is 172 Å². The van der Waals surface area contributed by atoms with Crippen LogP contribution >= 0.6 is 23.4 Å². The SMILES string of the molecule is COc1ccc([C@H]2SCCN2C(=O)c2c(-c3ccccc3Cl)noc2C)cc1. The molecule has 1 saturated heterocycles. The molecule has 0 unspecified atom stereocenters. The molecule has 0 N–H and O–H groups in total. The molecule has 2 aromatic carbocycles. The van der Waals surface area contributed by atoms with E-state index < -0.39 is 0 Å². The number of methoxy groups -OCH3 is 1. The number of hydrogen-bond acceptors (Lipinski definition) is 5. The lowest BCUT2D eigenvalue weighted by Gasteiger charge is -2.24. The van der Waals surface area contributed by atoms with Crippen LogP contribution in [0.25, 0.3) is 11.3 Å². The van der Waals surface area contributed by atoms with Gasteiger partial charge in [0.25, 0.3) is 5.91 Å². The summed E-state index contributed by atoms with van der Waals surface area (Å²) in [5, 5.41) is 4.60. The van der Waals surface area contributed by atoms with E-state index in [1.165, 1.54) is 0 Å². The van der Waals surface area contributed by atoms with Crippen molar-refractivity contribution >= 4 is 29.3 Å². The molecular formula is C21H19ClN2O3S. The van der Waals surface area contributed by atoms with Gasteiger partial charge >= 0.3 is 0 Å². The second-order valence-corrected chi connectivity index (χ2v) is 8.03. The topological polar surface area (TPSA) is 55.6 Å². The molecule has 4 rings (SSSR count). The second kappa shape index (κ2) is 7.89. The number of nitrogens with zero attached hydrogens (tertiary/aromatic N) is 2. The van der Waals surface area contributed by atoms with E-state index in [0.29, 0.717) is 34.1 Å². The minimum absolute atomic E-state index is 0.0631. The number of halogens is 1. The lowest BCUT2D eigenvalue weighted by Crippen LogP contribution is -2.31. The van der Waals surface area contributed by atoms with Gasteiger partial charge in [-0.3, -0.25) is 4.79 Å². The van der Waals surface area contributed by atoms with Crippen molar-refractivity contribution < 1.29 is 14.1 Å². The number of aromatic nitrogens is 1. The summed E-state index contributed by atoms with van der Waals surface area (Å²) in [4.78, 5) is 15.4. The van der Waals surface area contributed by atoms with Crippen LogP contribution in [0.2, 0.25) is 5.02 Å². The van der Waals surface area contributed by atoms with E-state index in [2.05, 4.69) is 5.16 Å². The van der Waals surface area contributed by atoms with Crippen molar-refractivity contribution in [1.29, 1.82) is 0 Å². The van der Waals surface area contributed by atoms with Gasteiger partial charge < -0.3 is 14.2 Å². The molecule has 0 aliphatic carbocycles. The van der Waals surface area contributed by atoms with Crippen LogP contribution in [0.1, 0.15) is 27.1 Å². The minimum atomic E-state index is -0.0977. The number of rotatable bonds is 4. The standard InChI is InChI=1S/C21H19ClN2O3S/c1-13-18(19(23-27-13)16-5-3-4-6-17(16)22)20(25)24-11-12-28-21(24)14-7-9-15(26-2)10-8-14/h3-10,21H,11-12H2,1-2H3/t21-/m1/s1. The van der Waals surface area contributed by atoms with Crippen LogP contribution in [-0.2, 0) is 0 Å². The van der Waals surface area contributed by atoms with E-state index in [4.69, 9.17) is 20.9 Å². The largest absolute Gasteiger partial charge is 0.497 e. The Hall–Kier alpha value is -2.44. The summed E-state index contributed by atoms with van der Waals surface area (Å²) in [5.41, 5.74) is 2.70. The normalized spacial score (nSPS) is 16.4. The van der Waals surface area contributed by atoms with Gasteiger partial charge in [-0.25, -0.2) is 0 Å². The maximum Gasteiger partial charge on any atom is 0.260 e. The molecule has 1 amide bonds. The number of benzene rings is 2. The van der Waals surface area contributed by atoms with Crippen molar-refractivity contribution in [2.45, 2.75) is 12.3 Å². The van der Waals surface area contributed by atoms with Crippen molar-refractivity contribution in [3.8, 4) is 17.0 Å². The molecule has 3 aromatic rings. The fraction of sp³-hybridized carbons (Fsp3) is 0.238. The molecule has 1 aliphatic heterocycles. The van der Waals surface area contributed by atoms with Crippen molar-refractivity contribution in [1.82, 2.24) is 10.1 Å². The van der Waals surface area contributed by atoms with Crippen molar-refractivity contribution in [2.24, 2.45) is 0 Å².